The van der Waals surface area contributed by atoms with E-state index in [1.54, 1.807) is 13.3 Å². The molecule has 0 bridgehead atoms. The van der Waals surface area contributed by atoms with Crippen molar-refractivity contribution in [3.63, 3.8) is 0 Å². The summed E-state index contributed by atoms with van der Waals surface area (Å²) in [6, 6.07) is 9.44. The fraction of sp³-hybridized carbons (Fsp3) is 0.312. The Kier molecular flexibility index (Phi) is 5.09. The van der Waals surface area contributed by atoms with Crippen molar-refractivity contribution in [2.45, 2.75) is 19.6 Å². The molecule has 1 unspecified atom stereocenters. The van der Waals surface area contributed by atoms with E-state index in [0.717, 1.165) is 16.9 Å². The summed E-state index contributed by atoms with van der Waals surface area (Å²) >= 11 is 0. The highest BCUT2D eigenvalue weighted by atomic mass is 16.5. The molecule has 0 saturated carbocycles. The molecule has 0 fully saturated rings. The second-order valence-electron chi connectivity index (χ2n) is 4.72. The second-order valence-corrected chi connectivity index (χ2v) is 4.72. The minimum Gasteiger partial charge on any atom is -0.497 e. The van der Waals surface area contributed by atoms with E-state index in [0.29, 0.717) is 13.1 Å². The van der Waals surface area contributed by atoms with Crippen LogP contribution in [0.3, 0.4) is 0 Å². The summed E-state index contributed by atoms with van der Waals surface area (Å²) in [6.45, 7) is 3.26. The molecule has 2 N–H and O–H groups in total. The molecule has 0 aliphatic rings. The number of benzene rings is 1. The number of nitrogens with one attached hydrogen (secondary N) is 1. The van der Waals surface area contributed by atoms with Gasteiger partial charge in [-0.3, -0.25) is 4.98 Å². The van der Waals surface area contributed by atoms with Crippen LogP contribution in [-0.2, 0) is 6.54 Å². The minimum absolute atomic E-state index is 0.501. The van der Waals surface area contributed by atoms with Gasteiger partial charge >= 0.3 is 0 Å². The zero-order chi connectivity index (χ0) is 14.4. The number of hydrogen-bond donors (Lipinski definition) is 2. The van der Waals surface area contributed by atoms with Crippen molar-refractivity contribution in [2.75, 3.05) is 13.7 Å². The molecule has 0 amide bonds. The van der Waals surface area contributed by atoms with E-state index < -0.39 is 6.10 Å². The van der Waals surface area contributed by atoms with Crippen LogP contribution in [0.15, 0.2) is 42.7 Å². The summed E-state index contributed by atoms with van der Waals surface area (Å²) in [4.78, 5) is 4.10. The smallest absolute Gasteiger partial charge is 0.118 e. The van der Waals surface area contributed by atoms with Gasteiger partial charge in [-0.2, -0.15) is 0 Å². The van der Waals surface area contributed by atoms with Crippen LogP contribution in [0.25, 0.3) is 0 Å². The van der Waals surface area contributed by atoms with Gasteiger partial charge in [-0.15, -0.1) is 0 Å². The lowest BCUT2D eigenvalue weighted by Gasteiger charge is -2.13. The molecule has 2 aromatic rings. The molecular weight excluding hydrogens is 252 g/mol. The lowest BCUT2D eigenvalue weighted by Crippen LogP contribution is -2.21. The summed E-state index contributed by atoms with van der Waals surface area (Å²) in [5, 5.41) is 13.4. The second kappa shape index (κ2) is 7.03. The molecule has 4 nitrogen and oxygen atoms in total. The molecule has 0 aliphatic carbocycles. The Bertz CT molecular complexity index is 540. The zero-order valence-electron chi connectivity index (χ0n) is 11.8. The molecule has 1 aromatic carbocycles. The van der Waals surface area contributed by atoms with E-state index in [9.17, 15) is 5.11 Å². The predicted molar refractivity (Wildman–Crippen MR) is 78.6 cm³/mol. The molecule has 1 atom stereocenters. The van der Waals surface area contributed by atoms with Crippen molar-refractivity contribution in [3.05, 3.63) is 59.4 Å². The maximum atomic E-state index is 10.1. The van der Waals surface area contributed by atoms with E-state index in [1.807, 2.05) is 36.5 Å². The van der Waals surface area contributed by atoms with Crippen LogP contribution in [-0.4, -0.2) is 23.7 Å². The van der Waals surface area contributed by atoms with Gasteiger partial charge in [0.1, 0.15) is 5.75 Å². The third kappa shape index (κ3) is 3.79. The Labute approximate surface area is 119 Å². The molecule has 0 radical (unpaired) electrons. The summed E-state index contributed by atoms with van der Waals surface area (Å²) < 4.78 is 5.10. The van der Waals surface area contributed by atoms with Crippen LogP contribution in [0.1, 0.15) is 22.8 Å². The molecule has 1 aromatic heterocycles. The fourth-order valence-electron chi connectivity index (χ4n) is 1.97. The van der Waals surface area contributed by atoms with Gasteiger partial charge in [0.05, 0.1) is 13.2 Å². The lowest BCUT2D eigenvalue weighted by atomic mass is 10.1. The quantitative estimate of drug-likeness (QED) is 0.846. The Morgan fingerprint density at radius 3 is 2.65 bits per heavy atom. The van der Waals surface area contributed by atoms with Gasteiger partial charge in [0.2, 0.25) is 0 Å². The number of nitrogens with zero attached hydrogens (tertiary/aromatic N) is 1. The Morgan fingerprint density at radius 2 is 2.00 bits per heavy atom. The van der Waals surface area contributed by atoms with Crippen molar-refractivity contribution >= 4 is 0 Å². The van der Waals surface area contributed by atoms with Gasteiger partial charge in [-0.05, 0) is 41.8 Å². The van der Waals surface area contributed by atoms with Gasteiger partial charge < -0.3 is 15.2 Å². The van der Waals surface area contributed by atoms with E-state index in [4.69, 9.17) is 4.74 Å². The van der Waals surface area contributed by atoms with Crippen LogP contribution < -0.4 is 10.1 Å². The topological polar surface area (TPSA) is 54.4 Å². The Balaban J connectivity index is 1.85. The summed E-state index contributed by atoms with van der Waals surface area (Å²) in [5.41, 5.74) is 3.22. The van der Waals surface area contributed by atoms with Crippen LogP contribution in [0, 0.1) is 6.92 Å². The van der Waals surface area contributed by atoms with E-state index >= 15 is 0 Å². The van der Waals surface area contributed by atoms with Crippen molar-refractivity contribution in [3.8, 4) is 5.75 Å². The summed E-state index contributed by atoms with van der Waals surface area (Å²) in [6.07, 6.45) is 3.10. The average Bonchev–Trinajstić information content (AvgIpc) is 2.49. The Hall–Kier alpha value is -1.91. The SMILES string of the molecule is COc1ccc(C(O)CNCc2cnccc2C)cc1. The highest BCUT2D eigenvalue weighted by Gasteiger charge is 2.07. The number of rotatable bonds is 6. The summed E-state index contributed by atoms with van der Waals surface area (Å²) in [7, 11) is 1.63. The number of ether oxygens (including phenoxy) is 1. The first-order chi connectivity index (χ1) is 9.70. The molecule has 20 heavy (non-hydrogen) atoms. The number of aromatic nitrogens is 1. The first-order valence-electron chi connectivity index (χ1n) is 6.63. The van der Waals surface area contributed by atoms with Crippen molar-refractivity contribution < 1.29 is 9.84 Å². The first-order valence-corrected chi connectivity index (χ1v) is 6.63. The van der Waals surface area contributed by atoms with Gasteiger partial charge in [-0.25, -0.2) is 0 Å². The third-order valence-corrected chi connectivity index (χ3v) is 3.30. The van der Waals surface area contributed by atoms with Gasteiger partial charge in [0.25, 0.3) is 0 Å². The van der Waals surface area contributed by atoms with Gasteiger partial charge in [0.15, 0.2) is 0 Å². The number of methoxy groups -OCH3 is 1. The highest BCUT2D eigenvalue weighted by Crippen LogP contribution is 2.17. The normalized spacial score (nSPS) is 12.2. The summed E-state index contributed by atoms with van der Waals surface area (Å²) in [5.74, 6) is 0.792. The molecule has 106 valence electrons. The van der Waals surface area contributed by atoms with Crippen molar-refractivity contribution in [2.24, 2.45) is 0 Å². The Morgan fingerprint density at radius 1 is 1.25 bits per heavy atom. The van der Waals surface area contributed by atoms with Crippen LogP contribution >= 0.6 is 0 Å². The van der Waals surface area contributed by atoms with Gasteiger partial charge in [0, 0.05) is 25.5 Å². The van der Waals surface area contributed by atoms with Crippen molar-refractivity contribution in [1.29, 1.82) is 0 Å². The van der Waals surface area contributed by atoms with E-state index in [-0.39, 0.29) is 0 Å². The monoisotopic (exact) mass is 272 g/mol. The van der Waals surface area contributed by atoms with E-state index in [2.05, 4.69) is 17.2 Å². The number of hydrogen-bond acceptors (Lipinski definition) is 4. The molecular formula is C16H20N2O2. The first kappa shape index (κ1) is 14.5. The maximum absolute atomic E-state index is 10.1. The van der Waals surface area contributed by atoms with Crippen LogP contribution in [0.4, 0.5) is 0 Å². The molecule has 2 rings (SSSR count). The number of aliphatic hydroxyl groups is 1. The highest BCUT2D eigenvalue weighted by molar-refractivity contribution is 5.28. The van der Waals surface area contributed by atoms with Crippen molar-refractivity contribution in [1.82, 2.24) is 10.3 Å². The average molecular weight is 272 g/mol. The molecule has 0 spiro atoms. The zero-order valence-corrected chi connectivity index (χ0v) is 11.8. The molecule has 0 aliphatic heterocycles. The molecule has 4 heteroatoms. The number of aliphatic hydroxyl groups excluding tert-OH is 1. The fourth-order valence-corrected chi connectivity index (χ4v) is 1.97. The van der Waals surface area contributed by atoms with Crippen LogP contribution in [0.5, 0.6) is 5.75 Å². The third-order valence-electron chi connectivity index (χ3n) is 3.30. The number of aryl methyl sites for hydroxylation is 1. The molecule has 1 heterocycles. The molecule has 0 saturated heterocycles. The van der Waals surface area contributed by atoms with Crippen LogP contribution in [0.2, 0.25) is 0 Å². The largest absolute Gasteiger partial charge is 0.497 e. The predicted octanol–water partition coefficient (Wildman–Crippen LogP) is 2.22. The maximum Gasteiger partial charge on any atom is 0.118 e. The van der Waals surface area contributed by atoms with Gasteiger partial charge in [-0.1, -0.05) is 12.1 Å². The van der Waals surface area contributed by atoms with E-state index in [1.165, 1.54) is 5.56 Å². The minimum atomic E-state index is -0.530. The lowest BCUT2D eigenvalue weighted by molar-refractivity contribution is 0.174. The standard InChI is InChI=1S/C16H20N2O2/c1-12-7-8-17-9-14(12)10-18-11-16(19)13-3-5-15(20-2)6-4-13/h3-9,16,18-19H,10-11H2,1-2H3. The number of pyridine rings is 1.